The van der Waals surface area contributed by atoms with Crippen molar-refractivity contribution in [2.24, 2.45) is 5.73 Å². The molecule has 1 fully saturated rings. The smallest absolute Gasteiger partial charge is 0.133 e. The largest absolute Gasteiger partial charge is 0.496 e. The number of benzene rings is 1. The Bertz CT molecular complexity index is 428. The number of likely N-dealkylation sites (tertiary alicyclic amines) is 1. The van der Waals surface area contributed by atoms with Gasteiger partial charge in [0.1, 0.15) is 5.75 Å². The first-order valence-electron chi connectivity index (χ1n) is 6.94. The third-order valence-corrected chi connectivity index (χ3v) is 4.49. The van der Waals surface area contributed by atoms with Crippen molar-refractivity contribution in [2.45, 2.75) is 44.8 Å². The molecule has 1 aromatic rings. The summed E-state index contributed by atoms with van der Waals surface area (Å²) in [4.78, 5) is 2.52. The van der Waals surface area contributed by atoms with Crippen molar-refractivity contribution >= 4 is 28.3 Å². The maximum atomic E-state index is 6.12. The number of nitrogens with zero attached hydrogens (tertiary/aromatic N) is 1. The molecule has 20 heavy (non-hydrogen) atoms. The molecule has 1 saturated heterocycles. The SMILES string of the molecule is COc1ccc(CN2CCCCC2C(C)N)cc1Br.Cl. The quantitative estimate of drug-likeness (QED) is 0.888. The summed E-state index contributed by atoms with van der Waals surface area (Å²) in [5.41, 5.74) is 7.42. The van der Waals surface area contributed by atoms with Crippen LogP contribution < -0.4 is 10.5 Å². The maximum absolute atomic E-state index is 6.12. The van der Waals surface area contributed by atoms with E-state index in [2.05, 4.69) is 39.9 Å². The molecule has 1 aromatic carbocycles. The van der Waals surface area contributed by atoms with Gasteiger partial charge in [-0.2, -0.15) is 0 Å². The molecule has 3 nitrogen and oxygen atoms in total. The molecule has 1 heterocycles. The molecule has 0 bridgehead atoms. The minimum Gasteiger partial charge on any atom is -0.496 e. The Morgan fingerprint density at radius 1 is 1.45 bits per heavy atom. The monoisotopic (exact) mass is 362 g/mol. The molecule has 0 amide bonds. The van der Waals surface area contributed by atoms with Gasteiger partial charge in [-0.15, -0.1) is 12.4 Å². The Balaban J connectivity index is 0.00000200. The van der Waals surface area contributed by atoms with E-state index in [1.54, 1.807) is 7.11 Å². The lowest BCUT2D eigenvalue weighted by Crippen LogP contribution is -2.48. The van der Waals surface area contributed by atoms with Crippen LogP contribution in [-0.2, 0) is 6.54 Å². The van der Waals surface area contributed by atoms with E-state index >= 15 is 0 Å². The van der Waals surface area contributed by atoms with Crippen molar-refractivity contribution in [2.75, 3.05) is 13.7 Å². The third kappa shape index (κ3) is 4.35. The fraction of sp³-hybridized carbons (Fsp3) is 0.600. The molecule has 0 radical (unpaired) electrons. The summed E-state index contributed by atoms with van der Waals surface area (Å²) in [6, 6.07) is 7.04. The van der Waals surface area contributed by atoms with E-state index in [4.69, 9.17) is 10.5 Å². The average Bonchev–Trinajstić information content (AvgIpc) is 2.39. The van der Waals surface area contributed by atoms with Crippen molar-refractivity contribution < 1.29 is 4.74 Å². The molecule has 1 aliphatic heterocycles. The number of halogens is 2. The van der Waals surface area contributed by atoms with Crippen molar-refractivity contribution in [3.63, 3.8) is 0 Å². The number of methoxy groups -OCH3 is 1. The lowest BCUT2D eigenvalue weighted by Gasteiger charge is -2.38. The standard InChI is InChI=1S/C15H23BrN2O.ClH/c1-11(17)14-5-3-4-8-18(14)10-12-6-7-15(19-2)13(16)9-12;/h6-7,9,11,14H,3-5,8,10,17H2,1-2H3;1H. The van der Waals surface area contributed by atoms with Gasteiger partial charge in [0.15, 0.2) is 0 Å². The van der Waals surface area contributed by atoms with Crippen LogP contribution >= 0.6 is 28.3 Å². The van der Waals surface area contributed by atoms with E-state index in [0.29, 0.717) is 6.04 Å². The second-order valence-electron chi connectivity index (χ2n) is 5.36. The number of piperidine rings is 1. The summed E-state index contributed by atoms with van der Waals surface area (Å²) in [6.45, 7) is 4.23. The van der Waals surface area contributed by atoms with Crippen LogP contribution in [0.1, 0.15) is 31.7 Å². The molecule has 0 saturated carbocycles. The Kier molecular flexibility index (Phi) is 7.30. The van der Waals surface area contributed by atoms with Gasteiger partial charge in [0.2, 0.25) is 0 Å². The molecular formula is C15H24BrClN2O. The summed E-state index contributed by atoms with van der Waals surface area (Å²) in [7, 11) is 1.69. The molecule has 2 atom stereocenters. The van der Waals surface area contributed by atoms with Crippen LogP contribution in [0.3, 0.4) is 0 Å². The van der Waals surface area contributed by atoms with E-state index in [1.807, 2.05) is 6.07 Å². The Hall–Kier alpha value is -0.290. The lowest BCUT2D eigenvalue weighted by atomic mass is 9.96. The van der Waals surface area contributed by atoms with Gasteiger partial charge in [0.05, 0.1) is 11.6 Å². The van der Waals surface area contributed by atoms with Gasteiger partial charge in [-0.3, -0.25) is 4.90 Å². The van der Waals surface area contributed by atoms with E-state index in [0.717, 1.165) is 23.3 Å². The van der Waals surface area contributed by atoms with Crippen LogP contribution in [0.25, 0.3) is 0 Å². The van der Waals surface area contributed by atoms with Gasteiger partial charge in [0, 0.05) is 18.6 Å². The second-order valence-corrected chi connectivity index (χ2v) is 6.22. The molecule has 114 valence electrons. The van der Waals surface area contributed by atoms with Crippen LogP contribution in [0.5, 0.6) is 5.75 Å². The van der Waals surface area contributed by atoms with E-state index in [-0.39, 0.29) is 18.4 Å². The summed E-state index contributed by atoms with van der Waals surface area (Å²) in [5, 5.41) is 0. The molecule has 0 aliphatic carbocycles. The summed E-state index contributed by atoms with van der Waals surface area (Å²) in [5.74, 6) is 0.881. The van der Waals surface area contributed by atoms with Crippen LogP contribution in [0.4, 0.5) is 0 Å². The van der Waals surface area contributed by atoms with Crippen LogP contribution in [0, 0.1) is 0 Å². The lowest BCUT2D eigenvalue weighted by molar-refractivity contribution is 0.123. The fourth-order valence-electron chi connectivity index (χ4n) is 2.85. The van der Waals surface area contributed by atoms with Gasteiger partial charge in [-0.1, -0.05) is 12.5 Å². The molecule has 2 N–H and O–H groups in total. The zero-order valence-corrected chi connectivity index (χ0v) is 14.5. The van der Waals surface area contributed by atoms with Gasteiger partial charge in [0.25, 0.3) is 0 Å². The van der Waals surface area contributed by atoms with Crippen LogP contribution in [-0.4, -0.2) is 30.6 Å². The number of nitrogens with two attached hydrogens (primary N) is 1. The average molecular weight is 364 g/mol. The predicted molar refractivity (Wildman–Crippen MR) is 89.6 cm³/mol. The van der Waals surface area contributed by atoms with Crippen molar-refractivity contribution in [1.29, 1.82) is 0 Å². The minimum absolute atomic E-state index is 0. The van der Waals surface area contributed by atoms with Crippen molar-refractivity contribution in [3.8, 4) is 5.75 Å². The predicted octanol–water partition coefficient (Wildman–Crippen LogP) is 3.58. The Labute approximate surface area is 136 Å². The molecule has 2 rings (SSSR count). The highest BCUT2D eigenvalue weighted by Crippen LogP contribution is 2.27. The highest BCUT2D eigenvalue weighted by Gasteiger charge is 2.25. The normalized spacial score (nSPS) is 21.1. The third-order valence-electron chi connectivity index (χ3n) is 3.87. The second kappa shape index (κ2) is 8.23. The summed E-state index contributed by atoms with van der Waals surface area (Å²) >= 11 is 3.55. The molecule has 0 aromatic heterocycles. The highest BCUT2D eigenvalue weighted by molar-refractivity contribution is 9.10. The summed E-state index contributed by atoms with van der Waals surface area (Å²) < 4.78 is 6.28. The fourth-order valence-corrected chi connectivity index (χ4v) is 3.44. The molecular weight excluding hydrogens is 340 g/mol. The van der Waals surface area contributed by atoms with Crippen molar-refractivity contribution in [1.82, 2.24) is 4.90 Å². The van der Waals surface area contributed by atoms with Crippen LogP contribution in [0.15, 0.2) is 22.7 Å². The first-order valence-corrected chi connectivity index (χ1v) is 7.73. The van der Waals surface area contributed by atoms with Gasteiger partial charge in [-0.05, 0) is 59.9 Å². The molecule has 1 aliphatic rings. The topological polar surface area (TPSA) is 38.5 Å². The van der Waals surface area contributed by atoms with E-state index in [9.17, 15) is 0 Å². The number of hydrogen-bond acceptors (Lipinski definition) is 3. The first-order chi connectivity index (χ1) is 9.11. The molecule has 2 unspecified atom stereocenters. The number of rotatable bonds is 4. The Morgan fingerprint density at radius 3 is 2.80 bits per heavy atom. The zero-order chi connectivity index (χ0) is 13.8. The Morgan fingerprint density at radius 2 is 2.20 bits per heavy atom. The number of ether oxygens (including phenoxy) is 1. The minimum atomic E-state index is 0. The van der Waals surface area contributed by atoms with Crippen molar-refractivity contribution in [3.05, 3.63) is 28.2 Å². The highest BCUT2D eigenvalue weighted by atomic mass is 79.9. The first kappa shape index (κ1) is 17.8. The van der Waals surface area contributed by atoms with E-state index in [1.165, 1.54) is 24.8 Å². The molecule has 5 heteroatoms. The zero-order valence-electron chi connectivity index (χ0n) is 12.1. The van der Waals surface area contributed by atoms with Gasteiger partial charge < -0.3 is 10.5 Å². The van der Waals surface area contributed by atoms with Gasteiger partial charge >= 0.3 is 0 Å². The number of hydrogen-bond donors (Lipinski definition) is 1. The van der Waals surface area contributed by atoms with Gasteiger partial charge in [-0.25, -0.2) is 0 Å². The molecule has 0 spiro atoms. The van der Waals surface area contributed by atoms with E-state index < -0.39 is 0 Å². The maximum Gasteiger partial charge on any atom is 0.133 e. The summed E-state index contributed by atoms with van der Waals surface area (Å²) in [6.07, 6.45) is 3.80. The van der Waals surface area contributed by atoms with Crippen LogP contribution in [0.2, 0.25) is 0 Å².